The second kappa shape index (κ2) is 5.45. The van der Waals surface area contributed by atoms with Crippen molar-refractivity contribution < 1.29 is 15.0 Å². The summed E-state index contributed by atoms with van der Waals surface area (Å²) in [7, 11) is 0. The highest BCUT2D eigenvalue weighted by molar-refractivity contribution is 5.87. The molecular weight excluding hydrogens is 318 g/mol. The molecule has 0 aromatic rings. The van der Waals surface area contributed by atoms with Crippen molar-refractivity contribution in [3.05, 3.63) is 10.4 Å². The molecule has 25 heavy (non-hydrogen) atoms. The Morgan fingerprint density at radius 1 is 1.20 bits per heavy atom. The van der Waals surface area contributed by atoms with Crippen LogP contribution in [0.25, 0.3) is 10.4 Å². The van der Waals surface area contributed by atoms with Crippen LogP contribution >= 0.6 is 0 Å². The fraction of sp³-hybridized carbons (Fsp3) is 0.947. The Hall–Kier alpha value is -1.10. The monoisotopic (exact) mass is 347 g/mol. The highest BCUT2D eigenvalue weighted by Crippen LogP contribution is 2.67. The average Bonchev–Trinajstić information content (AvgIpc) is 2.86. The normalized spacial score (nSPS) is 54.9. The van der Waals surface area contributed by atoms with Crippen molar-refractivity contribution in [3.8, 4) is 0 Å². The van der Waals surface area contributed by atoms with Crippen LogP contribution in [0.15, 0.2) is 5.11 Å². The van der Waals surface area contributed by atoms with Crippen LogP contribution < -0.4 is 0 Å². The summed E-state index contributed by atoms with van der Waals surface area (Å²) in [5, 5.41) is 25.8. The largest absolute Gasteiger partial charge is 0.393 e. The summed E-state index contributed by atoms with van der Waals surface area (Å²) in [4.78, 5) is 15.5. The van der Waals surface area contributed by atoms with Crippen molar-refractivity contribution in [2.75, 3.05) is 0 Å². The Bertz CT molecular complexity index is 648. The number of carbonyl (C=O) groups is 1. The number of aliphatic hydroxyl groups is 2. The molecule has 0 bridgehead atoms. The Morgan fingerprint density at radius 2 is 1.96 bits per heavy atom. The second-order valence-corrected chi connectivity index (χ2v) is 9.49. The fourth-order valence-corrected chi connectivity index (χ4v) is 7.24. The van der Waals surface area contributed by atoms with Crippen LogP contribution in [0.3, 0.4) is 0 Å². The smallest absolute Gasteiger partial charge is 0.139 e. The number of hydrogen-bond acceptors (Lipinski definition) is 4. The van der Waals surface area contributed by atoms with Gasteiger partial charge in [0.1, 0.15) is 5.78 Å². The third-order valence-electron chi connectivity index (χ3n) is 8.73. The van der Waals surface area contributed by atoms with Gasteiger partial charge < -0.3 is 10.2 Å². The maximum absolute atomic E-state index is 12.5. The number of Topliss-reactive ketones (excluding diaryl/α,β-unsaturated/α-hetero) is 1. The van der Waals surface area contributed by atoms with Crippen molar-refractivity contribution >= 4 is 5.78 Å². The summed E-state index contributed by atoms with van der Waals surface area (Å²) in [5.41, 5.74) is 7.34. The Morgan fingerprint density at radius 3 is 2.68 bits per heavy atom. The van der Waals surface area contributed by atoms with Gasteiger partial charge in [-0.25, -0.2) is 0 Å². The molecule has 6 nitrogen and oxygen atoms in total. The van der Waals surface area contributed by atoms with E-state index in [1.807, 2.05) is 0 Å². The van der Waals surface area contributed by atoms with Crippen LogP contribution in [0.2, 0.25) is 0 Å². The minimum absolute atomic E-state index is 0.234. The van der Waals surface area contributed by atoms with Gasteiger partial charge in [-0.3, -0.25) is 4.79 Å². The minimum Gasteiger partial charge on any atom is -0.393 e. The van der Waals surface area contributed by atoms with Crippen molar-refractivity contribution in [1.29, 1.82) is 0 Å². The summed E-state index contributed by atoms with van der Waals surface area (Å²) in [5.74, 6) is 1.38. The summed E-state index contributed by atoms with van der Waals surface area (Å²) in [6.45, 7) is 4.26. The summed E-state index contributed by atoms with van der Waals surface area (Å²) in [6, 6.07) is -0.517. The van der Waals surface area contributed by atoms with E-state index in [4.69, 9.17) is 5.53 Å². The van der Waals surface area contributed by atoms with E-state index in [2.05, 4.69) is 23.9 Å². The molecule has 0 spiro atoms. The predicted molar refractivity (Wildman–Crippen MR) is 92.5 cm³/mol. The minimum atomic E-state index is -1.14. The zero-order valence-electron chi connectivity index (χ0n) is 15.2. The van der Waals surface area contributed by atoms with E-state index in [0.29, 0.717) is 42.8 Å². The Labute approximate surface area is 148 Å². The molecule has 6 heteroatoms. The first-order chi connectivity index (χ1) is 11.8. The number of hydrogen-bond donors (Lipinski definition) is 2. The molecule has 4 saturated carbocycles. The molecule has 0 aliphatic heterocycles. The molecule has 0 aromatic heterocycles. The van der Waals surface area contributed by atoms with E-state index in [0.717, 1.165) is 25.7 Å². The second-order valence-electron chi connectivity index (χ2n) is 9.49. The molecule has 0 radical (unpaired) electrons. The predicted octanol–water partition coefficient (Wildman–Crippen LogP) is 3.36. The number of fused-ring (bicyclic) bond motifs is 5. The molecule has 0 saturated heterocycles. The fourth-order valence-electron chi connectivity index (χ4n) is 7.24. The van der Waals surface area contributed by atoms with Gasteiger partial charge in [-0.1, -0.05) is 19.0 Å². The molecule has 4 rings (SSSR count). The van der Waals surface area contributed by atoms with Crippen LogP contribution in [0.1, 0.15) is 65.2 Å². The molecule has 2 N–H and O–H groups in total. The number of rotatable bonds is 1. The summed E-state index contributed by atoms with van der Waals surface area (Å²) in [6.07, 6.45) is 5.27. The zero-order chi connectivity index (χ0) is 18.0. The van der Waals surface area contributed by atoms with E-state index in [-0.39, 0.29) is 17.3 Å². The third kappa shape index (κ3) is 2.11. The van der Waals surface area contributed by atoms with Gasteiger partial charge in [0, 0.05) is 23.2 Å². The highest BCUT2D eigenvalue weighted by atomic mass is 16.3. The average molecular weight is 347 g/mol. The third-order valence-corrected chi connectivity index (χ3v) is 8.73. The van der Waals surface area contributed by atoms with Gasteiger partial charge >= 0.3 is 0 Å². The number of nitrogens with zero attached hydrogens (tertiary/aromatic N) is 3. The quantitative estimate of drug-likeness (QED) is 0.431. The van der Waals surface area contributed by atoms with Crippen LogP contribution in [-0.4, -0.2) is 33.7 Å². The summed E-state index contributed by atoms with van der Waals surface area (Å²) >= 11 is 0. The number of aliphatic hydroxyl groups excluding tert-OH is 1. The van der Waals surface area contributed by atoms with E-state index in [1.165, 1.54) is 0 Å². The van der Waals surface area contributed by atoms with Crippen LogP contribution in [0.4, 0.5) is 0 Å². The standard InChI is InChI=1S/C19H29N3O3/c1-17-7-6-14-12(13(17)3-4-16(17)24)9-15(21-22-20)19(25)10-11(23)5-8-18(14,19)2/h11-15,23,25H,3-10H2,1-2H3/t11-,12-,13-,14-,15+,17-,18+,19-/m0/s1. The van der Waals surface area contributed by atoms with Crippen molar-refractivity contribution in [3.63, 3.8) is 0 Å². The molecule has 8 atom stereocenters. The van der Waals surface area contributed by atoms with Crippen LogP contribution in [0.5, 0.6) is 0 Å². The molecule has 138 valence electrons. The Kier molecular flexibility index (Phi) is 3.77. The van der Waals surface area contributed by atoms with Gasteiger partial charge in [-0.2, -0.15) is 0 Å². The molecule has 0 heterocycles. The SMILES string of the molecule is C[C@]12CC[C@H]3[C@@H](C[C@@H](N=[N+]=[N-])[C@@]4(O)C[C@@H](O)CC[C@]34C)[C@@H]1CCC2=O. The maximum atomic E-state index is 12.5. The van der Waals surface area contributed by atoms with Gasteiger partial charge in [0.15, 0.2) is 0 Å². The molecule has 0 unspecified atom stereocenters. The number of carbonyl (C=O) groups excluding carboxylic acids is 1. The molecule has 0 amide bonds. The molecule has 4 aliphatic carbocycles. The molecule has 4 aliphatic rings. The first-order valence-electron chi connectivity index (χ1n) is 9.74. The number of ketones is 1. The van der Waals surface area contributed by atoms with E-state index in [1.54, 1.807) is 0 Å². The molecular formula is C19H29N3O3. The lowest BCUT2D eigenvalue weighted by molar-refractivity contribution is -0.225. The van der Waals surface area contributed by atoms with Crippen molar-refractivity contribution in [2.24, 2.45) is 33.7 Å². The van der Waals surface area contributed by atoms with Gasteiger partial charge in [0.25, 0.3) is 0 Å². The Balaban J connectivity index is 1.77. The first kappa shape index (κ1) is 17.3. The van der Waals surface area contributed by atoms with Crippen molar-refractivity contribution in [1.82, 2.24) is 0 Å². The van der Waals surface area contributed by atoms with Gasteiger partial charge in [0.2, 0.25) is 0 Å². The van der Waals surface area contributed by atoms with E-state index in [9.17, 15) is 15.0 Å². The lowest BCUT2D eigenvalue weighted by Crippen LogP contribution is -2.68. The molecule has 4 fully saturated rings. The van der Waals surface area contributed by atoms with Gasteiger partial charge in [-0.05, 0) is 67.2 Å². The van der Waals surface area contributed by atoms with Gasteiger partial charge in [0.05, 0.1) is 17.7 Å². The van der Waals surface area contributed by atoms with Crippen molar-refractivity contribution in [2.45, 2.75) is 83.0 Å². The number of azide groups is 1. The van der Waals surface area contributed by atoms with Crippen LogP contribution in [0, 0.1) is 28.6 Å². The topological polar surface area (TPSA) is 106 Å². The lowest BCUT2D eigenvalue weighted by atomic mass is 9.42. The van der Waals surface area contributed by atoms with E-state index < -0.39 is 17.7 Å². The zero-order valence-corrected chi connectivity index (χ0v) is 15.2. The van der Waals surface area contributed by atoms with E-state index >= 15 is 0 Å². The highest BCUT2D eigenvalue weighted by Gasteiger charge is 2.67. The van der Waals surface area contributed by atoms with Crippen LogP contribution in [-0.2, 0) is 4.79 Å². The summed E-state index contributed by atoms with van der Waals surface area (Å²) < 4.78 is 0. The molecule has 0 aromatic carbocycles. The maximum Gasteiger partial charge on any atom is 0.139 e. The lowest BCUT2D eigenvalue weighted by Gasteiger charge is -2.65. The first-order valence-corrected chi connectivity index (χ1v) is 9.74. The van der Waals surface area contributed by atoms with Gasteiger partial charge in [-0.15, -0.1) is 0 Å².